The van der Waals surface area contributed by atoms with Crippen molar-refractivity contribution < 1.29 is 0 Å². The SMILES string of the molecule is Cc1cccc(CCCC(C)N)c1C. The van der Waals surface area contributed by atoms with Gasteiger partial charge in [-0.15, -0.1) is 0 Å². The highest BCUT2D eigenvalue weighted by Crippen LogP contribution is 2.15. The molecule has 2 N–H and O–H groups in total. The van der Waals surface area contributed by atoms with Gasteiger partial charge in [0.2, 0.25) is 0 Å². The molecule has 78 valence electrons. The quantitative estimate of drug-likeness (QED) is 0.778. The summed E-state index contributed by atoms with van der Waals surface area (Å²) in [6, 6.07) is 6.87. The first-order valence-electron chi connectivity index (χ1n) is 5.42. The Balaban J connectivity index is 2.54. The van der Waals surface area contributed by atoms with Crippen molar-refractivity contribution in [2.45, 2.75) is 46.1 Å². The number of aryl methyl sites for hydroxylation is 2. The Bertz CT molecular complexity index is 289. The average Bonchev–Trinajstić information content (AvgIpc) is 2.12. The first kappa shape index (κ1) is 11.3. The summed E-state index contributed by atoms with van der Waals surface area (Å²) in [5, 5.41) is 0. The van der Waals surface area contributed by atoms with E-state index in [2.05, 4.69) is 39.0 Å². The minimum absolute atomic E-state index is 0.333. The van der Waals surface area contributed by atoms with Gasteiger partial charge < -0.3 is 5.73 Å². The summed E-state index contributed by atoms with van der Waals surface area (Å²) < 4.78 is 0. The summed E-state index contributed by atoms with van der Waals surface area (Å²) in [5.74, 6) is 0. The molecule has 1 unspecified atom stereocenters. The smallest absolute Gasteiger partial charge is 0.00105 e. The zero-order valence-corrected chi connectivity index (χ0v) is 9.51. The van der Waals surface area contributed by atoms with Crippen LogP contribution in [0.25, 0.3) is 0 Å². The lowest BCUT2D eigenvalue weighted by Gasteiger charge is -2.09. The van der Waals surface area contributed by atoms with Gasteiger partial charge in [0.1, 0.15) is 0 Å². The molecule has 1 aromatic carbocycles. The lowest BCUT2D eigenvalue weighted by molar-refractivity contribution is 0.623. The van der Waals surface area contributed by atoms with Crippen LogP contribution in [0.15, 0.2) is 18.2 Å². The Kier molecular flexibility index (Phi) is 4.15. The highest BCUT2D eigenvalue weighted by atomic mass is 14.6. The highest BCUT2D eigenvalue weighted by Gasteiger charge is 2.01. The van der Waals surface area contributed by atoms with Crippen LogP contribution in [-0.4, -0.2) is 6.04 Å². The van der Waals surface area contributed by atoms with Crippen molar-refractivity contribution in [3.63, 3.8) is 0 Å². The standard InChI is InChI=1S/C13H21N/c1-10-6-4-8-13(12(10)3)9-5-7-11(2)14/h4,6,8,11H,5,7,9,14H2,1-3H3. The van der Waals surface area contributed by atoms with Crippen LogP contribution in [0.1, 0.15) is 36.5 Å². The highest BCUT2D eigenvalue weighted by molar-refractivity contribution is 5.33. The van der Waals surface area contributed by atoms with E-state index in [1.807, 2.05) is 0 Å². The fourth-order valence-corrected chi connectivity index (χ4v) is 1.70. The average molecular weight is 191 g/mol. The molecule has 0 aliphatic rings. The van der Waals surface area contributed by atoms with E-state index in [0.717, 1.165) is 12.8 Å². The molecule has 0 bridgehead atoms. The van der Waals surface area contributed by atoms with E-state index in [9.17, 15) is 0 Å². The van der Waals surface area contributed by atoms with Crippen LogP contribution < -0.4 is 5.73 Å². The Hall–Kier alpha value is -0.820. The Morgan fingerprint density at radius 3 is 2.64 bits per heavy atom. The van der Waals surface area contributed by atoms with E-state index >= 15 is 0 Å². The van der Waals surface area contributed by atoms with Gasteiger partial charge in [-0.2, -0.15) is 0 Å². The van der Waals surface area contributed by atoms with Crippen molar-refractivity contribution in [1.29, 1.82) is 0 Å². The van der Waals surface area contributed by atoms with Crippen molar-refractivity contribution in [2.75, 3.05) is 0 Å². The normalized spacial score (nSPS) is 12.9. The van der Waals surface area contributed by atoms with Crippen LogP contribution in [-0.2, 0) is 6.42 Å². The Morgan fingerprint density at radius 2 is 2.00 bits per heavy atom. The second-order valence-electron chi connectivity index (χ2n) is 4.23. The second kappa shape index (κ2) is 5.16. The minimum Gasteiger partial charge on any atom is -0.328 e. The van der Waals surface area contributed by atoms with E-state index in [4.69, 9.17) is 5.73 Å². The van der Waals surface area contributed by atoms with Gasteiger partial charge in [-0.25, -0.2) is 0 Å². The van der Waals surface area contributed by atoms with Crippen LogP contribution >= 0.6 is 0 Å². The van der Waals surface area contributed by atoms with E-state index < -0.39 is 0 Å². The lowest BCUT2D eigenvalue weighted by Crippen LogP contribution is -2.14. The molecule has 1 heteroatoms. The third-order valence-electron chi connectivity index (χ3n) is 2.82. The van der Waals surface area contributed by atoms with Gasteiger partial charge in [-0.1, -0.05) is 18.2 Å². The largest absolute Gasteiger partial charge is 0.328 e. The molecule has 0 radical (unpaired) electrons. The van der Waals surface area contributed by atoms with Crippen LogP contribution in [0.2, 0.25) is 0 Å². The van der Waals surface area contributed by atoms with Gasteiger partial charge in [0.15, 0.2) is 0 Å². The molecule has 0 amide bonds. The number of hydrogen-bond donors (Lipinski definition) is 1. The minimum atomic E-state index is 0.333. The van der Waals surface area contributed by atoms with Crippen LogP contribution in [0.5, 0.6) is 0 Å². The molecule has 0 aromatic heterocycles. The summed E-state index contributed by atoms with van der Waals surface area (Å²) >= 11 is 0. The van der Waals surface area contributed by atoms with E-state index in [1.54, 1.807) is 0 Å². The molecule has 1 atom stereocenters. The third kappa shape index (κ3) is 3.15. The molecular weight excluding hydrogens is 170 g/mol. The molecule has 0 saturated carbocycles. The molecule has 14 heavy (non-hydrogen) atoms. The summed E-state index contributed by atoms with van der Waals surface area (Å²) in [4.78, 5) is 0. The predicted molar refractivity (Wildman–Crippen MR) is 62.5 cm³/mol. The molecule has 0 saturated heterocycles. The zero-order chi connectivity index (χ0) is 10.6. The fourth-order valence-electron chi connectivity index (χ4n) is 1.70. The van der Waals surface area contributed by atoms with Gasteiger partial charge in [0.05, 0.1) is 0 Å². The molecule has 1 nitrogen and oxygen atoms in total. The summed E-state index contributed by atoms with van der Waals surface area (Å²) in [6.45, 7) is 6.45. The third-order valence-corrected chi connectivity index (χ3v) is 2.82. The molecular formula is C13H21N. The van der Waals surface area contributed by atoms with Crippen molar-refractivity contribution in [1.82, 2.24) is 0 Å². The van der Waals surface area contributed by atoms with Crippen molar-refractivity contribution in [3.8, 4) is 0 Å². The fraction of sp³-hybridized carbons (Fsp3) is 0.538. The summed E-state index contributed by atoms with van der Waals surface area (Å²) in [5.41, 5.74) is 10.0. The van der Waals surface area contributed by atoms with Crippen LogP contribution in [0, 0.1) is 13.8 Å². The predicted octanol–water partition coefficient (Wildman–Crippen LogP) is 2.97. The molecule has 0 aliphatic heterocycles. The maximum absolute atomic E-state index is 5.72. The Morgan fingerprint density at radius 1 is 1.29 bits per heavy atom. The monoisotopic (exact) mass is 191 g/mol. The molecule has 1 aromatic rings. The molecule has 0 aliphatic carbocycles. The maximum atomic E-state index is 5.72. The topological polar surface area (TPSA) is 26.0 Å². The molecule has 0 fully saturated rings. The number of nitrogens with two attached hydrogens (primary N) is 1. The van der Waals surface area contributed by atoms with Crippen LogP contribution in [0.3, 0.4) is 0 Å². The lowest BCUT2D eigenvalue weighted by atomic mass is 9.98. The molecule has 0 heterocycles. The van der Waals surface area contributed by atoms with Crippen molar-refractivity contribution >= 4 is 0 Å². The van der Waals surface area contributed by atoms with Crippen molar-refractivity contribution in [3.05, 3.63) is 34.9 Å². The van der Waals surface area contributed by atoms with Crippen molar-refractivity contribution in [2.24, 2.45) is 5.73 Å². The summed E-state index contributed by atoms with van der Waals surface area (Å²) in [7, 11) is 0. The second-order valence-corrected chi connectivity index (χ2v) is 4.23. The first-order valence-corrected chi connectivity index (χ1v) is 5.42. The van der Waals surface area contributed by atoms with E-state index in [-0.39, 0.29) is 0 Å². The van der Waals surface area contributed by atoms with E-state index in [1.165, 1.54) is 23.1 Å². The number of hydrogen-bond acceptors (Lipinski definition) is 1. The van der Waals surface area contributed by atoms with Gasteiger partial charge in [-0.05, 0) is 56.7 Å². The van der Waals surface area contributed by atoms with Gasteiger partial charge in [0, 0.05) is 6.04 Å². The van der Waals surface area contributed by atoms with Gasteiger partial charge in [0.25, 0.3) is 0 Å². The van der Waals surface area contributed by atoms with Gasteiger partial charge >= 0.3 is 0 Å². The van der Waals surface area contributed by atoms with Gasteiger partial charge in [-0.3, -0.25) is 0 Å². The number of rotatable bonds is 4. The first-order chi connectivity index (χ1) is 6.61. The number of benzene rings is 1. The molecule has 0 spiro atoms. The Labute approximate surface area is 87.3 Å². The van der Waals surface area contributed by atoms with E-state index in [0.29, 0.717) is 6.04 Å². The zero-order valence-electron chi connectivity index (χ0n) is 9.51. The molecule has 1 rings (SSSR count). The summed E-state index contributed by atoms with van der Waals surface area (Å²) in [6.07, 6.45) is 3.48. The van der Waals surface area contributed by atoms with Crippen LogP contribution in [0.4, 0.5) is 0 Å². The maximum Gasteiger partial charge on any atom is 0.00105 e.